The predicted molar refractivity (Wildman–Crippen MR) is 77.7 cm³/mol. The lowest BCUT2D eigenvalue weighted by Gasteiger charge is -2.07. The molecule has 0 saturated carbocycles. The standard InChI is InChI=1S/C17H24O2/c1-13(2)5-4-10-19-12-17(18)16-9-8-14-6-3-7-15(14)11-16/h8-9,11,13H,3-7,10,12H2,1-2H3. The predicted octanol–water partition coefficient (Wildman–Crippen LogP) is 3.81. The molecule has 19 heavy (non-hydrogen) atoms. The lowest BCUT2D eigenvalue weighted by molar-refractivity contribution is 0.0749. The van der Waals surface area contributed by atoms with Gasteiger partial charge in [0.2, 0.25) is 0 Å². The van der Waals surface area contributed by atoms with E-state index in [9.17, 15) is 4.79 Å². The van der Waals surface area contributed by atoms with Gasteiger partial charge in [0.1, 0.15) is 6.61 Å². The summed E-state index contributed by atoms with van der Waals surface area (Å²) in [5.74, 6) is 0.815. The van der Waals surface area contributed by atoms with Gasteiger partial charge >= 0.3 is 0 Å². The fourth-order valence-electron chi connectivity index (χ4n) is 2.59. The number of benzene rings is 1. The van der Waals surface area contributed by atoms with E-state index in [2.05, 4.69) is 26.0 Å². The van der Waals surface area contributed by atoms with Gasteiger partial charge in [-0.1, -0.05) is 26.0 Å². The first kappa shape index (κ1) is 14.3. The molecule has 0 aromatic heterocycles. The molecule has 0 radical (unpaired) electrons. The van der Waals surface area contributed by atoms with Crippen LogP contribution in [-0.4, -0.2) is 19.0 Å². The van der Waals surface area contributed by atoms with Crippen LogP contribution in [-0.2, 0) is 17.6 Å². The van der Waals surface area contributed by atoms with E-state index in [1.807, 2.05) is 6.07 Å². The SMILES string of the molecule is CC(C)CCCOCC(=O)c1ccc2c(c1)CCC2. The summed E-state index contributed by atoms with van der Waals surface area (Å²) in [5, 5.41) is 0. The van der Waals surface area contributed by atoms with Gasteiger partial charge in [-0.25, -0.2) is 0 Å². The first-order valence-electron chi connectivity index (χ1n) is 7.39. The second-order valence-corrected chi connectivity index (χ2v) is 5.85. The van der Waals surface area contributed by atoms with Crippen LogP contribution in [0.3, 0.4) is 0 Å². The fraction of sp³-hybridized carbons (Fsp3) is 0.588. The van der Waals surface area contributed by atoms with Crippen molar-refractivity contribution >= 4 is 5.78 Å². The van der Waals surface area contributed by atoms with Gasteiger partial charge in [0.25, 0.3) is 0 Å². The van der Waals surface area contributed by atoms with Crippen LogP contribution in [0.25, 0.3) is 0 Å². The van der Waals surface area contributed by atoms with Crippen molar-refractivity contribution in [3.8, 4) is 0 Å². The molecule has 0 bridgehead atoms. The topological polar surface area (TPSA) is 26.3 Å². The summed E-state index contributed by atoms with van der Waals surface area (Å²) in [4.78, 5) is 12.0. The number of carbonyl (C=O) groups is 1. The molecule has 2 nitrogen and oxygen atoms in total. The molecule has 0 saturated heterocycles. The van der Waals surface area contributed by atoms with Crippen molar-refractivity contribution in [2.45, 2.75) is 46.0 Å². The number of hydrogen-bond donors (Lipinski definition) is 0. The Morgan fingerprint density at radius 3 is 2.84 bits per heavy atom. The van der Waals surface area contributed by atoms with Crippen molar-refractivity contribution in [3.63, 3.8) is 0 Å². The third-order valence-electron chi connectivity index (χ3n) is 3.72. The second kappa shape index (κ2) is 6.85. The van der Waals surface area contributed by atoms with Crippen LogP contribution in [0, 0.1) is 5.92 Å². The quantitative estimate of drug-likeness (QED) is 0.550. The fourth-order valence-corrected chi connectivity index (χ4v) is 2.59. The maximum Gasteiger partial charge on any atom is 0.188 e. The molecule has 2 heteroatoms. The van der Waals surface area contributed by atoms with Crippen LogP contribution >= 0.6 is 0 Å². The smallest absolute Gasteiger partial charge is 0.188 e. The van der Waals surface area contributed by atoms with Crippen LogP contribution in [0.1, 0.15) is 54.6 Å². The van der Waals surface area contributed by atoms with Gasteiger partial charge in [-0.2, -0.15) is 0 Å². The van der Waals surface area contributed by atoms with Gasteiger partial charge in [0, 0.05) is 12.2 Å². The van der Waals surface area contributed by atoms with Crippen LogP contribution in [0.4, 0.5) is 0 Å². The molecule has 1 aromatic rings. The Balaban J connectivity index is 1.77. The zero-order chi connectivity index (χ0) is 13.7. The highest BCUT2D eigenvalue weighted by Gasteiger charge is 2.13. The van der Waals surface area contributed by atoms with E-state index < -0.39 is 0 Å². The summed E-state index contributed by atoms with van der Waals surface area (Å²) in [6.45, 7) is 5.32. The van der Waals surface area contributed by atoms with Crippen LogP contribution in [0.5, 0.6) is 0 Å². The normalized spacial score (nSPS) is 13.8. The average molecular weight is 260 g/mol. The molecule has 0 fully saturated rings. The summed E-state index contributed by atoms with van der Waals surface area (Å²) < 4.78 is 5.47. The molecule has 0 N–H and O–H groups in total. The molecule has 104 valence electrons. The highest BCUT2D eigenvalue weighted by atomic mass is 16.5. The largest absolute Gasteiger partial charge is 0.373 e. The number of Topliss-reactive ketones (excluding diaryl/α,β-unsaturated/α-hetero) is 1. The first-order valence-corrected chi connectivity index (χ1v) is 7.39. The highest BCUT2D eigenvalue weighted by molar-refractivity contribution is 5.97. The van der Waals surface area contributed by atoms with Crippen molar-refractivity contribution < 1.29 is 9.53 Å². The van der Waals surface area contributed by atoms with E-state index >= 15 is 0 Å². The Kier molecular flexibility index (Phi) is 5.15. The maximum atomic E-state index is 12.0. The molecular formula is C17H24O2. The van der Waals surface area contributed by atoms with Gasteiger partial charge in [0.15, 0.2) is 5.78 Å². The minimum absolute atomic E-state index is 0.110. The van der Waals surface area contributed by atoms with Crippen LogP contribution in [0.2, 0.25) is 0 Å². The van der Waals surface area contributed by atoms with E-state index in [0.29, 0.717) is 12.5 Å². The second-order valence-electron chi connectivity index (χ2n) is 5.85. The third-order valence-corrected chi connectivity index (χ3v) is 3.72. The maximum absolute atomic E-state index is 12.0. The molecule has 0 aliphatic heterocycles. The molecule has 2 rings (SSSR count). The van der Waals surface area contributed by atoms with Gasteiger partial charge in [-0.15, -0.1) is 0 Å². The summed E-state index contributed by atoms with van der Waals surface area (Å²) in [6, 6.07) is 6.11. The Labute approximate surface area is 116 Å². The number of fused-ring (bicyclic) bond motifs is 1. The van der Waals surface area contributed by atoms with Crippen molar-refractivity contribution in [1.82, 2.24) is 0 Å². The molecule has 1 aliphatic carbocycles. The van der Waals surface area contributed by atoms with Crippen LogP contribution in [0.15, 0.2) is 18.2 Å². The summed E-state index contributed by atoms with van der Waals surface area (Å²) >= 11 is 0. The highest BCUT2D eigenvalue weighted by Crippen LogP contribution is 2.23. The van der Waals surface area contributed by atoms with E-state index in [1.54, 1.807) is 0 Å². The van der Waals surface area contributed by atoms with E-state index in [4.69, 9.17) is 4.74 Å². The monoisotopic (exact) mass is 260 g/mol. The number of ether oxygens (including phenoxy) is 1. The molecule has 1 aromatic carbocycles. The minimum Gasteiger partial charge on any atom is -0.373 e. The zero-order valence-corrected chi connectivity index (χ0v) is 12.1. The Morgan fingerprint density at radius 2 is 2.05 bits per heavy atom. The average Bonchev–Trinajstić information content (AvgIpc) is 2.84. The molecule has 1 aliphatic rings. The number of hydrogen-bond acceptors (Lipinski definition) is 2. The van der Waals surface area contributed by atoms with E-state index in [1.165, 1.54) is 17.5 Å². The minimum atomic E-state index is 0.110. The van der Waals surface area contributed by atoms with Gasteiger partial charge in [-0.3, -0.25) is 4.79 Å². The van der Waals surface area contributed by atoms with Crippen molar-refractivity contribution in [2.24, 2.45) is 5.92 Å². The van der Waals surface area contributed by atoms with Crippen molar-refractivity contribution in [1.29, 1.82) is 0 Å². The lowest BCUT2D eigenvalue weighted by Crippen LogP contribution is -2.10. The number of carbonyl (C=O) groups excluding carboxylic acids is 1. The van der Waals surface area contributed by atoms with Crippen LogP contribution < -0.4 is 0 Å². The number of rotatable bonds is 7. The molecule has 0 spiro atoms. The first-order chi connectivity index (χ1) is 9.16. The number of aryl methyl sites for hydroxylation is 2. The lowest BCUT2D eigenvalue weighted by atomic mass is 10.0. The molecule has 0 atom stereocenters. The summed E-state index contributed by atoms with van der Waals surface area (Å²) in [5.41, 5.74) is 3.57. The Morgan fingerprint density at radius 1 is 1.26 bits per heavy atom. The molecule has 0 amide bonds. The van der Waals surface area contributed by atoms with Crippen molar-refractivity contribution in [3.05, 3.63) is 34.9 Å². The molecular weight excluding hydrogens is 236 g/mol. The summed E-state index contributed by atoms with van der Waals surface area (Å²) in [7, 11) is 0. The third kappa shape index (κ3) is 4.17. The Hall–Kier alpha value is -1.15. The molecule has 0 unspecified atom stereocenters. The Bertz CT molecular complexity index is 435. The van der Waals surface area contributed by atoms with Crippen molar-refractivity contribution in [2.75, 3.05) is 13.2 Å². The molecule has 0 heterocycles. The number of ketones is 1. The summed E-state index contributed by atoms with van der Waals surface area (Å²) in [6.07, 6.45) is 5.70. The van der Waals surface area contributed by atoms with Gasteiger partial charge in [0.05, 0.1) is 0 Å². The zero-order valence-electron chi connectivity index (χ0n) is 12.1. The van der Waals surface area contributed by atoms with E-state index in [0.717, 1.165) is 31.2 Å². The van der Waals surface area contributed by atoms with Gasteiger partial charge < -0.3 is 4.74 Å². The van der Waals surface area contributed by atoms with Gasteiger partial charge in [-0.05, 0) is 55.2 Å². The van der Waals surface area contributed by atoms with E-state index in [-0.39, 0.29) is 12.4 Å².